The molecular weight excluding hydrogens is 312 g/mol. The van der Waals surface area contributed by atoms with Crippen LogP contribution in [-0.2, 0) is 17.8 Å². The van der Waals surface area contributed by atoms with Crippen LogP contribution in [0.4, 0.5) is 0 Å². The van der Waals surface area contributed by atoms with Gasteiger partial charge in [0.1, 0.15) is 0 Å². The summed E-state index contributed by atoms with van der Waals surface area (Å²) < 4.78 is 2.13. The number of hydrogen-bond acceptors (Lipinski definition) is 2. The van der Waals surface area contributed by atoms with Crippen LogP contribution in [0, 0.1) is 0 Å². The number of imidazole rings is 1. The van der Waals surface area contributed by atoms with E-state index >= 15 is 0 Å². The molecule has 4 rings (SSSR count). The van der Waals surface area contributed by atoms with Crippen molar-refractivity contribution in [1.82, 2.24) is 19.9 Å². The third kappa shape index (κ3) is 3.26. The van der Waals surface area contributed by atoms with Crippen molar-refractivity contribution < 1.29 is 4.79 Å². The van der Waals surface area contributed by atoms with Crippen molar-refractivity contribution in [3.05, 3.63) is 66.6 Å². The summed E-state index contributed by atoms with van der Waals surface area (Å²) in [7, 11) is 0. The molecule has 126 valence electrons. The lowest BCUT2D eigenvalue weighted by Crippen LogP contribution is -2.26. The summed E-state index contributed by atoms with van der Waals surface area (Å²) in [6.07, 6.45) is 5.05. The van der Waals surface area contributed by atoms with Crippen molar-refractivity contribution in [2.24, 2.45) is 0 Å². The molecule has 0 aliphatic carbocycles. The number of aryl methyl sites for hydroxylation is 1. The van der Waals surface area contributed by atoms with Crippen LogP contribution in [0.5, 0.6) is 0 Å². The molecule has 5 nitrogen and oxygen atoms in total. The summed E-state index contributed by atoms with van der Waals surface area (Å²) in [5.74, 6) is 0.0558. The Labute approximate surface area is 145 Å². The first-order valence-corrected chi connectivity index (χ1v) is 8.53. The first kappa shape index (κ1) is 15.4. The first-order chi connectivity index (χ1) is 12.3. The molecule has 5 heteroatoms. The number of nitrogens with one attached hydrogen (secondary N) is 2. The smallest absolute Gasteiger partial charge is 0.224 e. The second kappa shape index (κ2) is 6.81. The molecule has 25 heavy (non-hydrogen) atoms. The topological polar surface area (TPSA) is 62.7 Å². The molecule has 0 bridgehead atoms. The highest BCUT2D eigenvalue weighted by molar-refractivity contribution is 5.88. The maximum absolute atomic E-state index is 12.2. The van der Waals surface area contributed by atoms with E-state index in [0.29, 0.717) is 13.0 Å². The molecule has 0 atom stereocenters. The number of carbonyl (C=O) groups excluding carboxylic acids is 1. The molecule has 2 aromatic heterocycles. The van der Waals surface area contributed by atoms with Crippen LogP contribution < -0.4 is 5.32 Å². The number of hydrogen-bond donors (Lipinski definition) is 2. The van der Waals surface area contributed by atoms with Gasteiger partial charge >= 0.3 is 0 Å². The van der Waals surface area contributed by atoms with Crippen molar-refractivity contribution in [1.29, 1.82) is 0 Å². The number of amides is 1. The van der Waals surface area contributed by atoms with Gasteiger partial charge in [-0.05, 0) is 30.2 Å². The number of benzene rings is 2. The van der Waals surface area contributed by atoms with Crippen molar-refractivity contribution in [3.63, 3.8) is 0 Å². The van der Waals surface area contributed by atoms with Gasteiger partial charge < -0.3 is 14.9 Å². The fourth-order valence-electron chi connectivity index (χ4n) is 3.18. The van der Waals surface area contributed by atoms with E-state index in [0.717, 1.165) is 40.5 Å². The largest absolute Gasteiger partial charge is 0.361 e. The number of rotatable bonds is 6. The zero-order valence-electron chi connectivity index (χ0n) is 13.9. The Morgan fingerprint density at radius 1 is 1.12 bits per heavy atom. The highest BCUT2D eigenvalue weighted by Gasteiger charge is 2.08. The van der Waals surface area contributed by atoms with Gasteiger partial charge in [0.25, 0.3) is 0 Å². The fourth-order valence-corrected chi connectivity index (χ4v) is 3.18. The van der Waals surface area contributed by atoms with Gasteiger partial charge in [-0.2, -0.15) is 0 Å². The Morgan fingerprint density at radius 2 is 1.96 bits per heavy atom. The first-order valence-electron chi connectivity index (χ1n) is 8.53. The Balaban J connectivity index is 1.29. The highest BCUT2D eigenvalue weighted by atomic mass is 16.1. The van der Waals surface area contributed by atoms with Gasteiger partial charge in [-0.3, -0.25) is 4.79 Å². The van der Waals surface area contributed by atoms with Gasteiger partial charge in [0.05, 0.1) is 23.8 Å². The Morgan fingerprint density at radius 3 is 2.92 bits per heavy atom. The molecule has 0 fully saturated rings. The van der Waals surface area contributed by atoms with E-state index < -0.39 is 0 Å². The van der Waals surface area contributed by atoms with E-state index in [2.05, 4.69) is 25.9 Å². The lowest BCUT2D eigenvalue weighted by Gasteiger charge is -2.06. The molecule has 0 radical (unpaired) electrons. The number of aromatic amines is 1. The van der Waals surface area contributed by atoms with Gasteiger partial charge in [-0.1, -0.05) is 30.3 Å². The molecule has 0 aliphatic heterocycles. The lowest BCUT2D eigenvalue weighted by molar-refractivity contribution is -0.120. The summed E-state index contributed by atoms with van der Waals surface area (Å²) in [4.78, 5) is 19.8. The van der Waals surface area contributed by atoms with E-state index in [9.17, 15) is 4.79 Å². The predicted octanol–water partition coefficient (Wildman–Crippen LogP) is 3.27. The fraction of sp³-hybridized carbons (Fsp3) is 0.200. The second-order valence-corrected chi connectivity index (χ2v) is 6.17. The molecule has 0 unspecified atom stereocenters. The summed E-state index contributed by atoms with van der Waals surface area (Å²) in [5.41, 5.74) is 4.24. The maximum Gasteiger partial charge on any atom is 0.224 e. The van der Waals surface area contributed by atoms with E-state index in [1.807, 2.05) is 55.0 Å². The van der Waals surface area contributed by atoms with Crippen LogP contribution >= 0.6 is 0 Å². The summed E-state index contributed by atoms with van der Waals surface area (Å²) in [6.45, 7) is 1.50. The molecule has 0 spiro atoms. The third-order valence-electron chi connectivity index (χ3n) is 4.45. The average Bonchev–Trinajstić information content (AvgIpc) is 3.24. The number of aromatic nitrogens is 3. The van der Waals surface area contributed by atoms with Gasteiger partial charge in [-0.15, -0.1) is 0 Å². The molecule has 2 N–H and O–H groups in total. The van der Waals surface area contributed by atoms with Crippen molar-refractivity contribution >= 4 is 27.8 Å². The minimum Gasteiger partial charge on any atom is -0.361 e. The average molecular weight is 332 g/mol. The van der Waals surface area contributed by atoms with Crippen LogP contribution in [0.2, 0.25) is 0 Å². The van der Waals surface area contributed by atoms with Gasteiger partial charge in [-0.25, -0.2) is 4.98 Å². The Kier molecular flexibility index (Phi) is 4.21. The van der Waals surface area contributed by atoms with E-state index in [1.165, 1.54) is 0 Å². The van der Waals surface area contributed by atoms with Crippen LogP contribution in [0.3, 0.4) is 0 Å². The SMILES string of the molecule is O=C(Cc1c[nH]c2ccccc12)NCCCn1cnc2ccccc21. The number of carbonyl (C=O) groups is 1. The zero-order valence-corrected chi connectivity index (χ0v) is 13.9. The van der Waals surface area contributed by atoms with Crippen molar-refractivity contribution in [2.45, 2.75) is 19.4 Å². The van der Waals surface area contributed by atoms with Crippen molar-refractivity contribution in [3.8, 4) is 0 Å². The van der Waals surface area contributed by atoms with Gasteiger partial charge in [0.2, 0.25) is 5.91 Å². The standard InChI is InChI=1S/C20H20N4O/c25-20(12-15-13-22-17-7-2-1-6-16(15)17)21-10-5-11-24-14-23-18-8-3-4-9-19(18)24/h1-4,6-9,13-14,22H,5,10-12H2,(H,21,25). The molecule has 4 aromatic rings. The van der Waals surface area contributed by atoms with Crippen LogP contribution in [0.15, 0.2) is 61.1 Å². The predicted molar refractivity (Wildman–Crippen MR) is 99.4 cm³/mol. The number of nitrogens with zero attached hydrogens (tertiary/aromatic N) is 2. The molecule has 2 aromatic carbocycles. The highest BCUT2D eigenvalue weighted by Crippen LogP contribution is 2.18. The second-order valence-electron chi connectivity index (χ2n) is 6.17. The van der Waals surface area contributed by atoms with Crippen LogP contribution in [0.1, 0.15) is 12.0 Å². The number of para-hydroxylation sites is 3. The monoisotopic (exact) mass is 332 g/mol. The lowest BCUT2D eigenvalue weighted by atomic mass is 10.1. The number of H-pyrrole nitrogens is 1. The summed E-state index contributed by atoms with van der Waals surface area (Å²) in [6, 6.07) is 16.1. The Hall–Kier alpha value is -3.08. The Bertz CT molecular complexity index is 1010. The van der Waals surface area contributed by atoms with Gasteiger partial charge in [0.15, 0.2) is 0 Å². The minimum absolute atomic E-state index is 0.0558. The van der Waals surface area contributed by atoms with Crippen LogP contribution in [-0.4, -0.2) is 27.0 Å². The molecule has 0 saturated heterocycles. The van der Waals surface area contributed by atoms with Crippen molar-refractivity contribution in [2.75, 3.05) is 6.54 Å². The normalized spacial score (nSPS) is 11.2. The van der Waals surface area contributed by atoms with E-state index in [1.54, 1.807) is 0 Å². The molecule has 1 amide bonds. The maximum atomic E-state index is 12.2. The third-order valence-corrected chi connectivity index (χ3v) is 4.45. The molecule has 0 aliphatic rings. The zero-order chi connectivity index (χ0) is 17.1. The van der Waals surface area contributed by atoms with E-state index in [4.69, 9.17) is 0 Å². The summed E-state index contributed by atoms with van der Waals surface area (Å²) >= 11 is 0. The summed E-state index contributed by atoms with van der Waals surface area (Å²) in [5, 5.41) is 4.12. The van der Waals surface area contributed by atoms with Gasteiger partial charge in [0, 0.05) is 30.2 Å². The molecule has 0 saturated carbocycles. The van der Waals surface area contributed by atoms with E-state index in [-0.39, 0.29) is 5.91 Å². The number of fused-ring (bicyclic) bond motifs is 2. The molecule has 2 heterocycles. The minimum atomic E-state index is 0.0558. The quantitative estimate of drug-likeness (QED) is 0.532. The molecular formula is C20H20N4O. The van der Waals surface area contributed by atoms with Crippen LogP contribution in [0.25, 0.3) is 21.9 Å².